The second-order valence-electron chi connectivity index (χ2n) is 6.06. The summed E-state index contributed by atoms with van der Waals surface area (Å²) in [5.41, 5.74) is 4.49. The average molecular weight is 373 g/mol. The minimum absolute atomic E-state index is 0.265. The van der Waals surface area contributed by atoms with E-state index in [1.165, 1.54) is 36.4 Å². The standard InChI is InChI=1S/C21H15F4NO/c22-18-12-10-16(11-13-18)20(19(26)27,14-4-2-1-3-5-14)15-6-8-17(9-7-15)21(23,24)25/h1-13H,(H2,26,27). The summed E-state index contributed by atoms with van der Waals surface area (Å²) in [6, 6.07) is 17.9. The van der Waals surface area contributed by atoms with Gasteiger partial charge in [0.05, 0.1) is 5.56 Å². The molecule has 2 nitrogen and oxygen atoms in total. The van der Waals surface area contributed by atoms with Gasteiger partial charge in [-0.3, -0.25) is 4.79 Å². The number of alkyl halides is 3. The van der Waals surface area contributed by atoms with Crippen molar-refractivity contribution in [2.75, 3.05) is 0 Å². The van der Waals surface area contributed by atoms with E-state index < -0.39 is 28.9 Å². The van der Waals surface area contributed by atoms with Gasteiger partial charge < -0.3 is 5.73 Å². The first-order valence-corrected chi connectivity index (χ1v) is 8.05. The summed E-state index contributed by atoms with van der Waals surface area (Å²) >= 11 is 0. The number of carbonyl (C=O) groups excluding carboxylic acids is 1. The van der Waals surface area contributed by atoms with Gasteiger partial charge in [-0.15, -0.1) is 0 Å². The molecule has 0 aromatic heterocycles. The molecule has 0 spiro atoms. The van der Waals surface area contributed by atoms with Crippen molar-refractivity contribution in [2.45, 2.75) is 11.6 Å². The number of hydrogen-bond donors (Lipinski definition) is 1. The number of benzene rings is 3. The van der Waals surface area contributed by atoms with Gasteiger partial charge in [-0.2, -0.15) is 13.2 Å². The number of rotatable bonds is 4. The van der Waals surface area contributed by atoms with Crippen LogP contribution in [0.25, 0.3) is 0 Å². The van der Waals surface area contributed by atoms with Crippen molar-refractivity contribution in [1.82, 2.24) is 0 Å². The molecule has 0 aliphatic heterocycles. The molecule has 27 heavy (non-hydrogen) atoms. The SMILES string of the molecule is NC(=O)C(c1ccccc1)(c1ccc(F)cc1)c1ccc(C(F)(F)F)cc1. The summed E-state index contributed by atoms with van der Waals surface area (Å²) in [5, 5.41) is 0. The third-order valence-corrected chi connectivity index (χ3v) is 4.50. The van der Waals surface area contributed by atoms with E-state index in [2.05, 4.69) is 0 Å². The van der Waals surface area contributed by atoms with Gasteiger partial charge in [0.1, 0.15) is 11.2 Å². The van der Waals surface area contributed by atoms with Gasteiger partial charge >= 0.3 is 6.18 Å². The lowest BCUT2D eigenvalue weighted by molar-refractivity contribution is -0.137. The van der Waals surface area contributed by atoms with Crippen LogP contribution in [0, 0.1) is 5.82 Å². The summed E-state index contributed by atoms with van der Waals surface area (Å²) < 4.78 is 52.2. The average Bonchev–Trinajstić information content (AvgIpc) is 2.64. The molecule has 138 valence electrons. The monoisotopic (exact) mass is 373 g/mol. The quantitative estimate of drug-likeness (QED) is 0.524. The summed E-state index contributed by atoms with van der Waals surface area (Å²) in [5.74, 6) is -1.28. The van der Waals surface area contributed by atoms with E-state index in [1.807, 2.05) is 0 Å². The largest absolute Gasteiger partial charge is 0.416 e. The van der Waals surface area contributed by atoms with E-state index in [0.29, 0.717) is 11.1 Å². The van der Waals surface area contributed by atoms with E-state index >= 15 is 0 Å². The Morgan fingerprint density at radius 3 is 1.52 bits per heavy atom. The zero-order chi connectivity index (χ0) is 19.7. The minimum Gasteiger partial charge on any atom is -0.368 e. The molecule has 6 heteroatoms. The molecule has 3 aromatic rings. The van der Waals surface area contributed by atoms with Crippen LogP contribution in [0.3, 0.4) is 0 Å². The number of halogens is 4. The molecule has 0 heterocycles. The van der Waals surface area contributed by atoms with E-state index in [0.717, 1.165) is 12.1 Å². The predicted molar refractivity (Wildman–Crippen MR) is 93.4 cm³/mol. The second kappa shape index (κ2) is 6.87. The fourth-order valence-electron chi connectivity index (χ4n) is 3.22. The normalized spacial score (nSPS) is 13.8. The smallest absolute Gasteiger partial charge is 0.368 e. The second-order valence-corrected chi connectivity index (χ2v) is 6.06. The Balaban J connectivity index is 2.30. The third-order valence-electron chi connectivity index (χ3n) is 4.50. The van der Waals surface area contributed by atoms with Gasteiger partial charge in [0.25, 0.3) is 0 Å². The van der Waals surface area contributed by atoms with Crippen LogP contribution in [0.4, 0.5) is 17.6 Å². The number of nitrogens with two attached hydrogens (primary N) is 1. The highest BCUT2D eigenvalue weighted by Gasteiger charge is 2.43. The Bertz CT molecular complexity index is 935. The molecule has 0 bridgehead atoms. The van der Waals surface area contributed by atoms with Crippen LogP contribution in [-0.4, -0.2) is 5.91 Å². The fraction of sp³-hybridized carbons (Fsp3) is 0.0952. The lowest BCUT2D eigenvalue weighted by Gasteiger charge is -2.32. The lowest BCUT2D eigenvalue weighted by atomic mass is 9.68. The van der Waals surface area contributed by atoms with Gasteiger partial charge in [0, 0.05) is 0 Å². The number of primary amides is 1. The molecule has 0 saturated heterocycles. The number of hydrogen-bond acceptors (Lipinski definition) is 1. The van der Waals surface area contributed by atoms with Crippen molar-refractivity contribution in [3.63, 3.8) is 0 Å². The van der Waals surface area contributed by atoms with E-state index in [-0.39, 0.29) is 5.56 Å². The highest BCUT2D eigenvalue weighted by Crippen LogP contribution is 2.40. The van der Waals surface area contributed by atoms with Crippen molar-refractivity contribution < 1.29 is 22.4 Å². The Morgan fingerprint density at radius 1 is 0.667 bits per heavy atom. The maximum absolute atomic E-state index is 13.4. The summed E-state index contributed by atoms with van der Waals surface area (Å²) in [4.78, 5) is 12.7. The first kappa shape index (κ1) is 18.6. The van der Waals surface area contributed by atoms with E-state index in [1.54, 1.807) is 30.3 Å². The third kappa shape index (κ3) is 3.30. The summed E-state index contributed by atoms with van der Waals surface area (Å²) in [6.45, 7) is 0. The van der Waals surface area contributed by atoms with Gasteiger partial charge in [0.2, 0.25) is 5.91 Å². The van der Waals surface area contributed by atoms with E-state index in [4.69, 9.17) is 5.73 Å². The minimum atomic E-state index is -4.50. The molecule has 0 fully saturated rings. The Kier molecular flexibility index (Phi) is 4.74. The highest BCUT2D eigenvalue weighted by atomic mass is 19.4. The van der Waals surface area contributed by atoms with Crippen LogP contribution in [0.1, 0.15) is 22.3 Å². The molecule has 1 atom stereocenters. The molecular formula is C21H15F4NO. The van der Waals surface area contributed by atoms with Crippen LogP contribution in [-0.2, 0) is 16.4 Å². The first-order valence-electron chi connectivity index (χ1n) is 8.05. The van der Waals surface area contributed by atoms with Crippen LogP contribution < -0.4 is 5.73 Å². The van der Waals surface area contributed by atoms with Crippen LogP contribution in [0.2, 0.25) is 0 Å². The van der Waals surface area contributed by atoms with E-state index in [9.17, 15) is 22.4 Å². The van der Waals surface area contributed by atoms with Crippen molar-refractivity contribution in [3.8, 4) is 0 Å². The topological polar surface area (TPSA) is 43.1 Å². The zero-order valence-electron chi connectivity index (χ0n) is 14.0. The lowest BCUT2D eigenvalue weighted by Crippen LogP contribution is -2.43. The molecule has 2 N–H and O–H groups in total. The Morgan fingerprint density at radius 2 is 1.07 bits per heavy atom. The van der Waals surface area contributed by atoms with Crippen molar-refractivity contribution in [2.24, 2.45) is 5.73 Å². The van der Waals surface area contributed by atoms with Gasteiger partial charge in [-0.25, -0.2) is 4.39 Å². The fourth-order valence-corrected chi connectivity index (χ4v) is 3.22. The molecule has 1 amide bonds. The van der Waals surface area contributed by atoms with Gasteiger partial charge in [0.15, 0.2) is 0 Å². The molecule has 3 rings (SSSR count). The molecule has 0 aliphatic rings. The summed E-state index contributed by atoms with van der Waals surface area (Å²) in [7, 11) is 0. The van der Waals surface area contributed by atoms with Crippen LogP contribution in [0.5, 0.6) is 0 Å². The molecule has 0 radical (unpaired) electrons. The van der Waals surface area contributed by atoms with Crippen LogP contribution >= 0.6 is 0 Å². The maximum Gasteiger partial charge on any atom is 0.416 e. The van der Waals surface area contributed by atoms with Crippen LogP contribution in [0.15, 0.2) is 78.9 Å². The van der Waals surface area contributed by atoms with Crippen molar-refractivity contribution >= 4 is 5.91 Å². The number of amides is 1. The van der Waals surface area contributed by atoms with Gasteiger partial charge in [-0.1, -0.05) is 54.6 Å². The molecule has 0 saturated carbocycles. The molecule has 3 aromatic carbocycles. The number of carbonyl (C=O) groups is 1. The highest BCUT2D eigenvalue weighted by molar-refractivity contribution is 5.95. The maximum atomic E-state index is 13.4. The Labute approximate surface area is 153 Å². The molecule has 0 aliphatic carbocycles. The summed E-state index contributed by atoms with van der Waals surface area (Å²) in [6.07, 6.45) is -4.50. The molecular weight excluding hydrogens is 358 g/mol. The van der Waals surface area contributed by atoms with Crippen molar-refractivity contribution in [3.05, 3.63) is 107 Å². The predicted octanol–water partition coefficient (Wildman–Crippen LogP) is 4.66. The van der Waals surface area contributed by atoms with Crippen molar-refractivity contribution in [1.29, 1.82) is 0 Å². The Hall–Kier alpha value is -3.15. The zero-order valence-corrected chi connectivity index (χ0v) is 14.0. The molecule has 1 unspecified atom stereocenters. The van der Waals surface area contributed by atoms with Gasteiger partial charge in [-0.05, 0) is 41.0 Å². The first-order chi connectivity index (χ1) is 12.8.